The SMILES string of the molecule is CCNCc1cnc(Oc2cccc(C)c2F)cn1. The van der Waals surface area contributed by atoms with E-state index >= 15 is 0 Å². The van der Waals surface area contributed by atoms with Crippen LogP contribution in [0.5, 0.6) is 11.6 Å². The minimum Gasteiger partial charge on any atom is -0.434 e. The lowest BCUT2D eigenvalue weighted by Crippen LogP contribution is -2.13. The third-order valence-electron chi connectivity index (χ3n) is 2.61. The van der Waals surface area contributed by atoms with Gasteiger partial charge in [-0.2, -0.15) is 0 Å². The van der Waals surface area contributed by atoms with Gasteiger partial charge in [-0.15, -0.1) is 0 Å². The fraction of sp³-hybridized carbons (Fsp3) is 0.286. The monoisotopic (exact) mass is 261 g/mol. The molecule has 1 aromatic carbocycles. The molecule has 2 rings (SSSR count). The smallest absolute Gasteiger partial charge is 0.237 e. The highest BCUT2D eigenvalue weighted by molar-refractivity contribution is 5.32. The Kier molecular flexibility index (Phi) is 4.41. The van der Waals surface area contributed by atoms with E-state index in [1.807, 2.05) is 6.92 Å². The second kappa shape index (κ2) is 6.24. The largest absolute Gasteiger partial charge is 0.434 e. The average molecular weight is 261 g/mol. The minimum atomic E-state index is -0.374. The molecule has 0 spiro atoms. The van der Waals surface area contributed by atoms with E-state index in [-0.39, 0.29) is 17.4 Å². The Labute approximate surface area is 111 Å². The number of aromatic nitrogens is 2. The number of aryl methyl sites for hydroxylation is 1. The van der Waals surface area contributed by atoms with Crippen molar-refractivity contribution in [1.29, 1.82) is 0 Å². The third-order valence-corrected chi connectivity index (χ3v) is 2.61. The van der Waals surface area contributed by atoms with Crippen LogP contribution in [0.2, 0.25) is 0 Å². The minimum absolute atomic E-state index is 0.161. The number of hydrogen-bond donors (Lipinski definition) is 1. The standard InChI is InChI=1S/C14H16FN3O/c1-3-16-7-11-8-18-13(9-17-11)19-12-6-4-5-10(2)14(12)15/h4-6,8-9,16H,3,7H2,1-2H3. The lowest BCUT2D eigenvalue weighted by molar-refractivity contribution is 0.422. The molecular formula is C14H16FN3O. The van der Waals surface area contributed by atoms with Gasteiger partial charge in [0.1, 0.15) is 0 Å². The first-order valence-electron chi connectivity index (χ1n) is 6.15. The van der Waals surface area contributed by atoms with Crippen molar-refractivity contribution in [1.82, 2.24) is 15.3 Å². The van der Waals surface area contributed by atoms with Crippen LogP contribution >= 0.6 is 0 Å². The Morgan fingerprint density at radius 2 is 2.11 bits per heavy atom. The molecule has 0 fully saturated rings. The van der Waals surface area contributed by atoms with Gasteiger partial charge in [0, 0.05) is 6.54 Å². The lowest BCUT2D eigenvalue weighted by Gasteiger charge is -2.07. The summed E-state index contributed by atoms with van der Waals surface area (Å²) in [4.78, 5) is 8.30. The third kappa shape index (κ3) is 3.48. The summed E-state index contributed by atoms with van der Waals surface area (Å²) in [6.45, 7) is 5.23. The number of benzene rings is 1. The second-order valence-corrected chi connectivity index (χ2v) is 4.12. The molecule has 100 valence electrons. The van der Waals surface area contributed by atoms with Gasteiger partial charge in [0.15, 0.2) is 11.6 Å². The van der Waals surface area contributed by atoms with Crippen LogP contribution in [0.25, 0.3) is 0 Å². The highest BCUT2D eigenvalue weighted by Gasteiger charge is 2.08. The molecule has 0 aliphatic rings. The molecule has 4 nitrogen and oxygen atoms in total. The Morgan fingerprint density at radius 1 is 1.26 bits per heavy atom. The van der Waals surface area contributed by atoms with Crippen LogP contribution in [-0.4, -0.2) is 16.5 Å². The van der Waals surface area contributed by atoms with Crippen LogP contribution in [-0.2, 0) is 6.54 Å². The molecule has 5 heteroatoms. The van der Waals surface area contributed by atoms with Crippen LogP contribution in [0.4, 0.5) is 4.39 Å². The first kappa shape index (κ1) is 13.4. The van der Waals surface area contributed by atoms with E-state index < -0.39 is 0 Å². The Balaban J connectivity index is 2.09. The van der Waals surface area contributed by atoms with E-state index in [4.69, 9.17) is 4.74 Å². The predicted octanol–water partition coefficient (Wildman–Crippen LogP) is 2.83. The zero-order valence-electron chi connectivity index (χ0n) is 11.0. The zero-order valence-corrected chi connectivity index (χ0v) is 11.0. The number of hydrogen-bond acceptors (Lipinski definition) is 4. The van der Waals surface area contributed by atoms with E-state index in [0.717, 1.165) is 12.2 Å². The molecular weight excluding hydrogens is 245 g/mol. The van der Waals surface area contributed by atoms with Crippen molar-refractivity contribution in [3.63, 3.8) is 0 Å². The summed E-state index contributed by atoms with van der Waals surface area (Å²) in [5.41, 5.74) is 1.35. The summed E-state index contributed by atoms with van der Waals surface area (Å²) >= 11 is 0. The van der Waals surface area contributed by atoms with Gasteiger partial charge < -0.3 is 10.1 Å². The van der Waals surface area contributed by atoms with Crippen molar-refractivity contribution < 1.29 is 9.13 Å². The van der Waals surface area contributed by atoms with E-state index in [9.17, 15) is 4.39 Å². The first-order valence-corrected chi connectivity index (χ1v) is 6.15. The van der Waals surface area contributed by atoms with Gasteiger partial charge in [-0.05, 0) is 25.1 Å². The molecule has 2 aromatic rings. The van der Waals surface area contributed by atoms with Crippen molar-refractivity contribution in [2.24, 2.45) is 0 Å². The molecule has 0 atom stereocenters. The molecule has 0 aliphatic heterocycles. The number of rotatable bonds is 5. The fourth-order valence-electron chi connectivity index (χ4n) is 1.55. The summed E-state index contributed by atoms with van der Waals surface area (Å²) in [5.74, 6) is 0.0690. The number of nitrogens with one attached hydrogen (secondary N) is 1. The maximum absolute atomic E-state index is 13.7. The molecule has 0 unspecified atom stereocenters. The topological polar surface area (TPSA) is 47.0 Å². The van der Waals surface area contributed by atoms with Crippen molar-refractivity contribution in [2.75, 3.05) is 6.54 Å². The van der Waals surface area contributed by atoms with Crippen molar-refractivity contribution >= 4 is 0 Å². The Bertz CT molecular complexity index is 543. The van der Waals surface area contributed by atoms with Gasteiger partial charge in [-0.1, -0.05) is 19.1 Å². The van der Waals surface area contributed by atoms with Gasteiger partial charge in [0.2, 0.25) is 5.88 Å². The van der Waals surface area contributed by atoms with Crippen LogP contribution in [0.1, 0.15) is 18.2 Å². The zero-order chi connectivity index (χ0) is 13.7. The van der Waals surface area contributed by atoms with E-state index in [0.29, 0.717) is 12.1 Å². The average Bonchev–Trinajstić information content (AvgIpc) is 2.43. The van der Waals surface area contributed by atoms with Crippen LogP contribution < -0.4 is 10.1 Å². The molecule has 19 heavy (non-hydrogen) atoms. The molecule has 0 bridgehead atoms. The van der Waals surface area contributed by atoms with Gasteiger partial charge in [-0.25, -0.2) is 9.37 Å². The van der Waals surface area contributed by atoms with Crippen molar-refractivity contribution in [3.8, 4) is 11.6 Å². The van der Waals surface area contributed by atoms with E-state index in [2.05, 4.69) is 15.3 Å². The van der Waals surface area contributed by atoms with E-state index in [1.54, 1.807) is 31.3 Å². The summed E-state index contributed by atoms with van der Waals surface area (Å²) in [6.07, 6.45) is 3.11. The number of nitrogens with zero attached hydrogens (tertiary/aromatic N) is 2. The normalized spacial score (nSPS) is 10.5. The molecule has 0 aliphatic carbocycles. The molecule has 1 aromatic heterocycles. The molecule has 0 saturated heterocycles. The second-order valence-electron chi connectivity index (χ2n) is 4.12. The predicted molar refractivity (Wildman–Crippen MR) is 70.6 cm³/mol. The van der Waals surface area contributed by atoms with Crippen LogP contribution in [0.3, 0.4) is 0 Å². The summed E-state index contributed by atoms with van der Waals surface area (Å²) < 4.78 is 19.1. The molecule has 0 saturated carbocycles. The number of halogens is 1. The van der Waals surface area contributed by atoms with Gasteiger partial charge in [-0.3, -0.25) is 4.98 Å². The van der Waals surface area contributed by atoms with Gasteiger partial charge in [0.25, 0.3) is 0 Å². The van der Waals surface area contributed by atoms with Crippen LogP contribution in [0, 0.1) is 12.7 Å². The van der Waals surface area contributed by atoms with Crippen LogP contribution in [0.15, 0.2) is 30.6 Å². The van der Waals surface area contributed by atoms with E-state index in [1.165, 1.54) is 6.20 Å². The van der Waals surface area contributed by atoms with Crippen molar-refractivity contribution in [3.05, 3.63) is 47.7 Å². The maximum Gasteiger partial charge on any atom is 0.237 e. The Hall–Kier alpha value is -2.01. The van der Waals surface area contributed by atoms with Gasteiger partial charge in [0.05, 0.1) is 18.1 Å². The quantitative estimate of drug-likeness (QED) is 0.899. The lowest BCUT2D eigenvalue weighted by atomic mass is 10.2. The molecule has 1 N–H and O–H groups in total. The summed E-state index contributed by atoms with van der Waals surface area (Å²) in [7, 11) is 0. The van der Waals surface area contributed by atoms with Crippen molar-refractivity contribution in [2.45, 2.75) is 20.4 Å². The summed E-state index contributed by atoms with van der Waals surface area (Å²) in [6, 6.07) is 4.99. The maximum atomic E-state index is 13.7. The Morgan fingerprint density at radius 3 is 2.79 bits per heavy atom. The molecule has 0 amide bonds. The summed E-state index contributed by atoms with van der Waals surface area (Å²) in [5, 5.41) is 3.15. The highest BCUT2D eigenvalue weighted by atomic mass is 19.1. The highest BCUT2D eigenvalue weighted by Crippen LogP contribution is 2.24. The first-order chi connectivity index (χ1) is 9.20. The molecule has 0 radical (unpaired) electrons. The number of ether oxygens (including phenoxy) is 1. The molecule has 1 heterocycles. The fourth-order valence-corrected chi connectivity index (χ4v) is 1.55. The van der Waals surface area contributed by atoms with Gasteiger partial charge >= 0.3 is 0 Å².